The van der Waals surface area contributed by atoms with Gasteiger partial charge in [0.25, 0.3) is 0 Å². The summed E-state index contributed by atoms with van der Waals surface area (Å²) < 4.78 is 0. The predicted molar refractivity (Wildman–Crippen MR) is 127 cm³/mol. The number of nitrogens with zero attached hydrogens (tertiary/aromatic N) is 2. The molecule has 0 unspecified atom stereocenters. The van der Waals surface area contributed by atoms with Crippen molar-refractivity contribution in [1.29, 1.82) is 0 Å². The number of allylic oxidation sites excluding steroid dienone is 4. The highest BCUT2D eigenvalue weighted by molar-refractivity contribution is 6.28. The van der Waals surface area contributed by atoms with E-state index in [9.17, 15) is 4.79 Å². The third kappa shape index (κ3) is 3.60. The Labute approximate surface area is 180 Å². The van der Waals surface area contributed by atoms with E-state index in [1.54, 1.807) is 0 Å². The normalized spacial score (nSPS) is 14.8. The lowest BCUT2D eigenvalue weighted by Gasteiger charge is -2.26. The maximum absolute atomic E-state index is 13.4. The van der Waals surface area contributed by atoms with Crippen molar-refractivity contribution < 1.29 is 4.79 Å². The molecule has 0 bridgehead atoms. The molecule has 0 spiro atoms. The fraction of sp³-hybridized carbons (Fsp3) is 0.0370. The van der Waals surface area contributed by atoms with E-state index in [1.165, 1.54) is 5.56 Å². The first-order valence-electron chi connectivity index (χ1n) is 10.2. The van der Waals surface area contributed by atoms with E-state index >= 15 is 0 Å². The van der Waals surface area contributed by atoms with E-state index < -0.39 is 0 Å². The maximum Gasteiger partial charge on any atom is 0.196 e. The highest BCUT2D eigenvalue weighted by Gasteiger charge is 2.18. The number of Topliss-reactive ketones (excluding diaryl/α,β-unsaturated/α-hetero) is 1. The van der Waals surface area contributed by atoms with Gasteiger partial charge >= 0.3 is 0 Å². The summed E-state index contributed by atoms with van der Waals surface area (Å²) in [6.07, 6.45) is 7.98. The maximum atomic E-state index is 13.4. The van der Waals surface area contributed by atoms with Crippen molar-refractivity contribution in [3.05, 3.63) is 120 Å². The number of hydrogen-bond acceptors (Lipinski definition) is 3. The Balaban J connectivity index is 1.60. The molecule has 4 aromatic rings. The molecule has 1 aliphatic rings. The van der Waals surface area contributed by atoms with Crippen molar-refractivity contribution in [3.63, 3.8) is 0 Å². The molecule has 31 heavy (non-hydrogen) atoms. The number of rotatable bonds is 4. The SMILES string of the molecule is CN1/C(=C/C=C(/C(=O)c2ccccc2)c2nc3ccccc3[nH]2)C=Cc2ccccc21. The number of nitrogens with one attached hydrogen (secondary N) is 1. The minimum absolute atomic E-state index is 0.0700. The predicted octanol–water partition coefficient (Wildman–Crippen LogP) is 5.88. The van der Waals surface area contributed by atoms with Gasteiger partial charge in [-0.1, -0.05) is 66.7 Å². The Bertz CT molecular complexity index is 1330. The average Bonchev–Trinajstić information content (AvgIpc) is 3.25. The fourth-order valence-corrected chi connectivity index (χ4v) is 3.78. The summed E-state index contributed by atoms with van der Waals surface area (Å²) in [6, 6.07) is 25.3. The molecule has 0 saturated carbocycles. The minimum atomic E-state index is -0.0700. The van der Waals surface area contributed by atoms with Gasteiger partial charge < -0.3 is 9.88 Å². The Kier molecular flexibility index (Phi) is 4.81. The van der Waals surface area contributed by atoms with Crippen LogP contribution in [0.1, 0.15) is 21.7 Å². The Morgan fingerprint density at radius 3 is 2.48 bits per heavy atom. The van der Waals surface area contributed by atoms with Crippen LogP contribution in [0.15, 0.2) is 103 Å². The second-order valence-electron chi connectivity index (χ2n) is 7.42. The van der Waals surface area contributed by atoms with Crippen molar-refractivity contribution in [2.24, 2.45) is 0 Å². The molecule has 4 heteroatoms. The van der Waals surface area contributed by atoms with Crippen molar-refractivity contribution in [1.82, 2.24) is 9.97 Å². The number of para-hydroxylation sites is 3. The molecule has 1 aromatic heterocycles. The summed E-state index contributed by atoms with van der Waals surface area (Å²) >= 11 is 0. The van der Waals surface area contributed by atoms with E-state index in [4.69, 9.17) is 0 Å². The van der Waals surface area contributed by atoms with Crippen molar-refractivity contribution in [3.8, 4) is 0 Å². The second-order valence-corrected chi connectivity index (χ2v) is 7.42. The zero-order chi connectivity index (χ0) is 21.2. The number of fused-ring (bicyclic) bond motifs is 2. The zero-order valence-electron chi connectivity index (χ0n) is 17.1. The van der Waals surface area contributed by atoms with Crippen LogP contribution in [0.2, 0.25) is 0 Å². The van der Waals surface area contributed by atoms with Gasteiger partial charge in [-0.25, -0.2) is 4.98 Å². The summed E-state index contributed by atoms with van der Waals surface area (Å²) in [5.41, 5.74) is 6.18. The first-order chi connectivity index (χ1) is 15.2. The van der Waals surface area contributed by atoms with Crippen LogP contribution in [-0.4, -0.2) is 22.8 Å². The lowest BCUT2D eigenvalue weighted by atomic mass is 10.0. The van der Waals surface area contributed by atoms with Gasteiger partial charge in [0.15, 0.2) is 5.78 Å². The van der Waals surface area contributed by atoms with Crippen LogP contribution in [0.25, 0.3) is 22.7 Å². The number of H-pyrrole nitrogens is 1. The van der Waals surface area contributed by atoms with Gasteiger partial charge in [0.2, 0.25) is 0 Å². The van der Waals surface area contributed by atoms with E-state index in [0.29, 0.717) is 17.0 Å². The summed E-state index contributed by atoms with van der Waals surface area (Å²) in [5, 5.41) is 0. The van der Waals surface area contributed by atoms with E-state index in [-0.39, 0.29) is 5.78 Å². The molecule has 1 N–H and O–H groups in total. The number of imidazole rings is 1. The van der Waals surface area contributed by atoms with Crippen LogP contribution in [0.5, 0.6) is 0 Å². The number of hydrogen-bond donors (Lipinski definition) is 1. The van der Waals surface area contributed by atoms with Gasteiger partial charge in [0, 0.05) is 24.0 Å². The molecule has 0 radical (unpaired) electrons. The standard InChI is InChI=1S/C27H21N3O/c1-30-21(16-15-19-9-5-8-14-25(19)30)17-18-22(26(31)20-10-3-2-4-11-20)27-28-23-12-6-7-13-24(23)29-27/h2-18H,1H3,(H,28,29)/b21-17+,22-18-. The van der Waals surface area contributed by atoms with Gasteiger partial charge in [0.1, 0.15) is 5.82 Å². The molecule has 0 amide bonds. The van der Waals surface area contributed by atoms with Gasteiger partial charge in [-0.2, -0.15) is 0 Å². The lowest BCUT2D eigenvalue weighted by Crippen LogP contribution is -2.18. The van der Waals surface area contributed by atoms with Crippen LogP contribution < -0.4 is 4.90 Å². The largest absolute Gasteiger partial charge is 0.344 e. The molecule has 150 valence electrons. The first kappa shape index (κ1) is 18.8. The van der Waals surface area contributed by atoms with Crippen LogP contribution in [0.3, 0.4) is 0 Å². The molecule has 4 nitrogen and oxygen atoms in total. The van der Waals surface area contributed by atoms with Gasteiger partial charge in [-0.3, -0.25) is 4.79 Å². The highest BCUT2D eigenvalue weighted by atomic mass is 16.1. The lowest BCUT2D eigenvalue weighted by molar-refractivity contribution is 0.105. The zero-order valence-corrected chi connectivity index (χ0v) is 17.1. The Hall–Kier alpha value is -4.18. The Morgan fingerprint density at radius 1 is 0.903 bits per heavy atom. The van der Waals surface area contributed by atoms with E-state index in [2.05, 4.69) is 39.2 Å². The topological polar surface area (TPSA) is 49.0 Å². The quantitative estimate of drug-likeness (QED) is 0.342. The van der Waals surface area contributed by atoms with Crippen LogP contribution in [0.4, 0.5) is 5.69 Å². The molecule has 3 aromatic carbocycles. The number of ketones is 1. The molecule has 0 aliphatic carbocycles. The minimum Gasteiger partial charge on any atom is -0.344 e. The number of carbonyl (C=O) groups excluding carboxylic acids is 1. The molecule has 5 rings (SSSR count). The number of carbonyl (C=O) groups is 1. The van der Waals surface area contributed by atoms with Crippen LogP contribution in [-0.2, 0) is 0 Å². The number of aromatic nitrogens is 2. The molecular weight excluding hydrogens is 382 g/mol. The third-order valence-electron chi connectivity index (χ3n) is 5.46. The van der Waals surface area contributed by atoms with Crippen molar-refractivity contribution >= 4 is 34.2 Å². The third-order valence-corrected chi connectivity index (χ3v) is 5.46. The first-order valence-corrected chi connectivity index (χ1v) is 10.2. The van der Waals surface area contributed by atoms with Crippen molar-refractivity contribution in [2.75, 3.05) is 11.9 Å². The van der Waals surface area contributed by atoms with Crippen LogP contribution in [0, 0.1) is 0 Å². The number of benzene rings is 3. The molecular formula is C27H21N3O. The van der Waals surface area contributed by atoms with Gasteiger partial charge in [-0.15, -0.1) is 0 Å². The number of aromatic amines is 1. The monoisotopic (exact) mass is 403 g/mol. The van der Waals surface area contributed by atoms with Gasteiger partial charge in [0.05, 0.1) is 16.6 Å². The molecule has 0 saturated heterocycles. The summed E-state index contributed by atoms with van der Waals surface area (Å²) in [4.78, 5) is 23.5. The number of anilines is 1. The smallest absolute Gasteiger partial charge is 0.196 e. The molecule has 0 atom stereocenters. The molecule has 2 heterocycles. The summed E-state index contributed by atoms with van der Waals surface area (Å²) in [5.74, 6) is 0.495. The van der Waals surface area contributed by atoms with E-state index in [0.717, 1.165) is 22.4 Å². The summed E-state index contributed by atoms with van der Waals surface area (Å²) in [6.45, 7) is 0. The molecule has 0 fully saturated rings. The summed E-state index contributed by atoms with van der Waals surface area (Å²) in [7, 11) is 2.03. The van der Waals surface area contributed by atoms with Crippen LogP contribution >= 0.6 is 0 Å². The fourth-order valence-electron chi connectivity index (χ4n) is 3.78. The second kappa shape index (κ2) is 7.92. The van der Waals surface area contributed by atoms with Crippen molar-refractivity contribution in [2.45, 2.75) is 0 Å². The number of likely N-dealkylation sites (N-methyl/N-ethyl adjacent to an activating group) is 1. The van der Waals surface area contributed by atoms with E-state index in [1.807, 2.05) is 85.9 Å². The Morgan fingerprint density at radius 2 is 1.65 bits per heavy atom. The average molecular weight is 403 g/mol. The highest BCUT2D eigenvalue weighted by Crippen LogP contribution is 2.29. The molecule has 1 aliphatic heterocycles. The van der Waals surface area contributed by atoms with Gasteiger partial charge in [-0.05, 0) is 42.0 Å².